The van der Waals surface area contributed by atoms with Crippen molar-refractivity contribution in [3.8, 4) is 0 Å². The van der Waals surface area contributed by atoms with Crippen LogP contribution >= 0.6 is 11.3 Å². The summed E-state index contributed by atoms with van der Waals surface area (Å²) in [5.41, 5.74) is 0.484. The first-order valence-electron chi connectivity index (χ1n) is 7.92. The van der Waals surface area contributed by atoms with Crippen molar-refractivity contribution in [1.82, 2.24) is 9.62 Å². The number of piperidine rings is 1. The molecule has 0 spiro atoms. The predicted octanol–water partition coefficient (Wildman–Crippen LogP) is 2.30. The number of carboxylic acids is 1. The number of nitrogens with one attached hydrogen (secondary N) is 1. The second kappa shape index (κ2) is 7.74. The molecule has 2 N–H and O–H groups in total. The molecule has 2 heterocycles. The van der Waals surface area contributed by atoms with Crippen molar-refractivity contribution < 1.29 is 18.3 Å². The van der Waals surface area contributed by atoms with Gasteiger partial charge in [0.1, 0.15) is 9.09 Å². The zero-order chi connectivity index (χ0) is 17.0. The number of rotatable bonds is 7. The standard InChI is InChI=1S/C15H24N2O4S2/c1-3-4-7-17-8-5-12(6-9-17)16-23(20,21)13-10-11(2)14(22-13)15(18)19/h10,12,16H,3-9H2,1-2H3,(H,18,19). The van der Waals surface area contributed by atoms with E-state index in [9.17, 15) is 13.2 Å². The minimum absolute atomic E-state index is 0.0754. The highest BCUT2D eigenvalue weighted by Crippen LogP contribution is 2.26. The molecule has 0 saturated carbocycles. The van der Waals surface area contributed by atoms with Crippen LogP contribution in [0.25, 0.3) is 0 Å². The lowest BCUT2D eigenvalue weighted by molar-refractivity contribution is 0.0701. The summed E-state index contributed by atoms with van der Waals surface area (Å²) in [5, 5.41) is 9.06. The number of thiophene rings is 1. The maximum absolute atomic E-state index is 12.4. The van der Waals surface area contributed by atoms with Gasteiger partial charge < -0.3 is 10.0 Å². The van der Waals surface area contributed by atoms with Gasteiger partial charge in [-0.2, -0.15) is 0 Å². The Hall–Kier alpha value is -0.960. The van der Waals surface area contributed by atoms with E-state index in [1.54, 1.807) is 6.92 Å². The number of aryl methyl sites for hydroxylation is 1. The largest absolute Gasteiger partial charge is 0.477 e. The SMILES string of the molecule is CCCCN1CCC(NS(=O)(=O)c2cc(C)c(C(=O)O)s2)CC1. The smallest absolute Gasteiger partial charge is 0.346 e. The molecule has 0 amide bonds. The number of carboxylic acid groups (broad SMARTS) is 1. The molecule has 0 atom stereocenters. The quantitative estimate of drug-likeness (QED) is 0.779. The number of carbonyl (C=O) groups is 1. The maximum atomic E-state index is 12.4. The Kier molecular flexibility index (Phi) is 6.19. The Morgan fingerprint density at radius 2 is 2.09 bits per heavy atom. The van der Waals surface area contributed by atoms with E-state index in [0.717, 1.165) is 50.2 Å². The van der Waals surface area contributed by atoms with E-state index in [1.807, 2.05) is 0 Å². The molecule has 0 unspecified atom stereocenters. The van der Waals surface area contributed by atoms with Crippen LogP contribution in [0.15, 0.2) is 10.3 Å². The van der Waals surface area contributed by atoms with E-state index >= 15 is 0 Å². The molecule has 130 valence electrons. The van der Waals surface area contributed by atoms with Crippen LogP contribution in [0.3, 0.4) is 0 Å². The lowest BCUT2D eigenvalue weighted by atomic mass is 10.1. The summed E-state index contributed by atoms with van der Waals surface area (Å²) in [6.07, 6.45) is 3.91. The van der Waals surface area contributed by atoms with Crippen LogP contribution < -0.4 is 4.72 Å². The molecular formula is C15H24N2O4S2. The molecule has 1 saturated heterocycles. The highest BCUT2D eigenvalue weighted by molar-refractivity contribution is 7.91. The van der Waals surface area contributed by atoms with E-state index in [2.05, 4.69) is 16.5 Å². The number of nitrogens with zero attached hydrogens (tertiary/aromatic N) is 1. The average molecular weight is 361 g/mol. The van der Waals surface area contributed by atoms with Gasteiger partial charge in [0.25, 0.3) is 0 Å². The van der Waals surface area contributed by atoms with Crippen molar-refractivity contribution in [2.75, 3.05) is 19.6 Å². The molecule has 1 aliphatic rings. The van der Waals surface area contributed by atoms with Gasteiger partial charge in [-0.3, -0.25) is 0 Å². The van der Waals surface area contributed by atoms with Crippen molar-refractivity contribution in [1.29, 1.82) is 0 Å². The Morgan fingerprint density at radius 1 is 1.43 bits per heavy atom. The molecule has 0 bridgehead atoms. The molecule has 8 heteroatoms. The third-order valence-electron chi connectivity index (χ3n) is 4.09. The summed E-state index contributed by atoms with van der Waals surface area (Å²) >= 11 is 0.814. The number of sulfonamides is 1. The van der Waals surface area contributed by atoms with E-state index in [-0.39, 0.29) is 15.1 Å². The van der Waals surface area contributed by atoms with Gasteiger partial charge in [-0.25, -0.2) is 17.9 Å². The van der Waals surface area contributed by atoms with Gasteiger partial charge in [-0.1, -0.05) is 13.3 Å². The first-order chi connectivity index (χ1) is 10.8. The van der Waals surface area contributed by atoms with Crippen molar-refractivity contribution in [3.63, 3.8) is 0 Å². The lowest BCUT2D eigenvalue weighted by Gasteiger charge is -2.31. The van der Waals surface area contributed by atoms with E-state index < -0.39 is 16.0 Å². The normalized spacial score (nSPS) is 17.5. The molecule has 1 fully saturated rings. The Bertz CT molecular complexity index is 646. The lowest BCUT2D eigenvalue weighted by Crippen LogP contribution is -2.44. The molecule has 0 aliphatic carbocycles. The van der Waals surface area contributed by atoms with E-state index in [1.165, 1.54) is 12.5 Å². The zero-order valence-corrected chi connectivity index (χ0v) is 15.2. The maximum Gasteiger partial charge on any atom is 0.346 e. The fourth-order valence-electron chi connectivity index (χ4n) is 2.73. The fourth-order valence-corrected chi connectivity index (χ4v) is 5.43. The highest BCUT2D eigenvalue weighted by atomic mass is 32.2. The molecule has 23 heavy (non-hydrogen) atoms. The molecule has 1 aromatic rings. The Morgan fingerprint density at radius 3 is 2.61 bits per heavy atom. The minimum Gasteiger partial charge on any atom is -0.477 e. The monoisotopic (exact) mass is 360 g/mol. The van der Waals surface area contributed by atoms with Crippen molar-refractivity contribution in [2.45, 2.75) is 49.8 Å². The van der Waals surface area contributed by atoms with Crippen molar-refractivity contribution in [2.24, 2.45) is 0 Å². The second-order valence-corrected chi connectivity index (χ2v) is 8.97. The second-order valence-electron chi connectivity index (χ2n) is 5.97. The van der Waals surface area contributed by atoms with Gasteiger partial charge in [-0.15, -0.1) is 11.3 Å². The fraction of sp³-hybridized carbons (Fsp3) is 0.667. The number of hydrogen-bond acceptors (Lipinski definition) is 5. The van der Waals surface area contributed by atoms with Gasteiger partial charge in [0.05, 0.1) is 0 Å². The minimum atomic E-state index is -3.64. The summed E-state index contributed by atoms with van der Waals surface area (Å²) in [6, 6.07) is 1.36. The van der Waals surface area contributed by atoms with Crippen LogP contribution in [-0.2, 0) is 10.0 Å². The van der Waals surface area contributed by atoms with E-state index in [4.69, 9.17) is 5.11 Å². The summed E-state index contributed by atoms with van der Waals surface area (Å²) in [7, 11) is -3.64. The molecular weight excluding hydrogens is 336 g/mol. The average Bonchev–Trinajstić information content (AvgIpc) is 2.89. The summed E-state index contributed by atoms with van der Waals surface area (Å²) in [6.45, 7) is 6.65. The van der Waals surface area contributed by atoms with Crippen LogP contribution in [0, 0.1) is 6.92 Å². The van der Waals surface area contributed by atoms with Crippen molar-refractivity contribution in [3.05, 3.63) is 16.5 Å². The van der Waals surface area contributed by atoms with Crippen LogP contribution in [0.2, 0.25) is 0 Å². The predicted molar refractivity (Wildman–Crippen MR) is 90.7 cm³/mol. The van der Waals surface area contributed by atoms with Gasteiger partial charge >= 0.3 is 5.97 Å². The number of unbranched alkanes of at least 4 members (excludes halogenated alkanes) is 1. The van der Waals surface area contributed by atoms with Crippen LogP contribution in [0.1, 0.15) is 47.8 Å². The Balaban J connectivity index is 1.97. The summed E-state index contributed by atoms with van der Waals surface area (Å²) in [5.74, 6) is -1.09. The van der Waals surface area contributed by atoms with Gasteiger partial charge in [0, 0.05) is 6.04 Å². The van der Waals surface area contributed by atoms with Gasteiger partial charge in [-0.05, 0) is 57.5 Å². The van der Waals surface area contributed by atoms with Gasteiger partial charge in [0.2, 0.25) is 10.0 Å². The van der Waals surface area contributed by atoms with Crippen LogP contribution in [0.4, 0.5) is 0 Å². The van der Waals surface area contributed by atoms with Crippen LogP contribution in [-0.4, -0.2) is 50.1 Å². The first kappa shape index (κ1) is 18.4. The first-order valence-corrected chi connectivity index (χ1v) is 10.2. The third kappa shape index (κ3) is 4.76. The summed E-state index contributed by atoms with van der Waals surface area (Å²) < 4.78 is 27.7. The topological polar surface area (TPSA) is 86.7 Å². The number of hydrogen-bond donors (Lipinski definition) is 2. The summed E-state index contributed by atoms with van der Waals surface area (Å²) in [4.78, 5) is 13.5. The molecule has 0 radical (unpaired) electrons. The molecule has 0 aromatic carbocycles. The van der Waals surface area contributed by atoms with E-state index in [0.29, 0.717) is 5.56 Å². The Labute approximate surface area is 141 Å². The third-order valence-corrected chi connectivity index (χ3v) is 7.31. The molecule has 6 nitrogen and oxygen atoms in total. The number of aromatic carboxylic acids is 1. The zero-order valence-electron chi connectivity index (χ0n) is 13.5. The van der Waals surface area contributed by atoms with Crippen LogP contribution in [0.5, 0.6) is 0 Å². The molecule has 1 aromatic heterocycles. The highest BCUT2D eigenvalue weighted by Gasteiger charge is 2.27. The molecule has 2 rings (SSSR count). The molecule has 1 aliphatic heterocycles. The van der Waals surface area contributed by atoms with Gasteiger partial charge in [0.15, 0.2) is 0 Å². The van der Waals surface area contributed by atoms with Crippen molar-refractivity contribution >= 4 is 27.3 Å². The number of likely N-dealkylation sites (tertiary alicyclic amines) is 1.